The maximum Gasteiger partial charge on any atom is 0.488 e. The van der Waals surface area contributed by atoms with Gasteiger partial charge in [0.1, 0.15) is 22.3 Å². The van der Waals surface area contributed by atoms with Crippen LogP contribution in [0.2, 0.25) is 0 Å². The summed E-state index contributed by atoms with van der Waals surface area (Å²) in [5, 5.41) is 27.1. The zero-order chi connectivity index (χ0) is 35.8. The van der Waals surface area contributed by atoms with Gasteiger partial charge in [-0.05, 0) is 111 Å². The maximum absolute atomic E-state index is 8.94. The molecule has 0 amide bonds. The van der Waals surface area contributed by atoms with Crippen LogP contribution in [0, 0.1) is 0 Å². The molecule has 10 rings (SSSR count). The first-order chi connectivity index (χ1) is 25.3. The first-order valence-corrected chi connectivity index (χ1v) is 18.9. The fourth-order valence-electron chi connectivity index (χ4n) is 6.39. The second-order valence-electron chi connectivity index (χ2n) is 12.4. The van der Waals surface area contributed by atoms with E-state index in [1.807, 2.05) is 66.7 Å². The van der Waals surface area contributed by atoms with Gasteiger partial charge in [0.05, 0.1) is 0 Å². The summed E-state index contributed by atoms with van der Waals surface area (Å²) in [7, 11) is -1.38. The molecule has 0 saturated carbocycles. The molecule has 0 unspecified atom stereocenters. The van der Waals surface area contributed by atoms with E-state index in [4.69, 9.17) is 18.9 Å². The van der Waals surface area contributed by atoms with Crippen LogP contribution in [0.4, 0.5) is 0 Å². The van der Waals surface area contributed by atoms with Crippen LogP contribution in [0.3, 0.4) is 0 Å². The molecule has 0 spiro atoms. The van der Waals surface area contributed by atoms with Crippen LogP contribution < -0.4 is 5.46 Å². The molecule has 0 radical (unpaired) electrons. The number of hydrogen-bond acceptors (Lipinski definition) is 4. The van der Waals surface area contributed by atoms with Gasteiger partial charge in [0.2, 0.25) is 0 Å². The van der Waals surface area contributed by atoms with Crippen molar-refractivity contribution in [3.63, 3.8) is 0 Å². The van der Waals surface area contributed by atoms with Crippen LogP contribution in [-0.4, -0.2) is 17.2 Å². The van der Waals surface area contributed by atoms with E-state index in [9.17, 15) is 0 Å². The fourth-order valence-corrected chi connectivity index (χ4v) is 7.47. The van der Waals surface area contributed by atoms with Gasteiger partial charge in [0.25, 0.3) is 0 Å². The summed E-state index contributed by atoms with van der Waals surface area (Å²) in [6, 6.07) is 52.9. The number of rotatable bonds is 2. The van der Waals surface area contributed by atoms with Gasteiger partial charge in [-0.2, -0.15) is 0 Å². The summed E-state index contributed by atoms with van der Waals surface area (Å²) >= 11 is 10.5. The third-order valence-electron chi connectivity index (χ3n) is 8.98. The van der Waals surface area contributed by atoms with Gasteiger partial charge >= 0.3 is 7.12 Å². The second-order valence-corrected chi connectivity index (χ2v) is 15.1. The van der Waals surface area contributed by atoms with E-state index in [1.54, 1.807) is 12.1 Å². The molecule has 8 aromatic carbocycles. The van der Waals surface area contributed by atoms with Gasteiger partial charge in [-0.15, -0.1) is 0 Å². The molecular weight excluding hydrogens is 843 g/mol. The molecule has 252 valence electrons. The highest BCUT2D eigenvalue weighted by molar-refractivity contribution is 9.11. The van der Waals surface area contributed by atoms with E-state index < -0.39 is 7.12 Å². The Hall–Kier alpha value is -4.70. The van der Waals surface area contributed by atoms with E-state index in [-0.39, 0.29) is 0 Å². The van der Waals surface area contributed by atoms with E-state index in [0.717, 1.165) is 68.1 Å². The topological polar surface area (TPSA) is 66.7 Å². The molecule has 4 nitrogen and oxygen atoms in total. The molecule has 0 fully saturated rings. The summed E-state index contributed by atoms with van der Waals surface area (Å²) in [6.45, 7) is 0. The summed E-state index contributed by atoms with van der Waals surface area (Å²) in [6.07, 6.45) is 0. The van der Waals surface area contributed by atoms with Crippen LogP contribution in [0.5, 0.6) is 0 Å². The van der Waals surface area contributed by atoms with Crippen LogP contribution in [0.25, 0.3) is 76.5 Å². The number of halogens is 3. The van der Waals surface area contributed by atoms with E-state index in [0.29, 0.717) is 5.46 Å². The standard InChI is InChI=1S/C22H13BrO.C12H6Br2O.C10H9BO2/c23-18-8-10-22-20(13-18)19-12-17(7-9-21(19)24-22)16-6-5-14-3-1-2-4-15(14)11-16;13-7-1-3-11-9(5-7)10-6-8(14)2-4-12(10)15-11;12-11(13)10-6-5-8-3-1-2-4-9(8)7-10/h1-13H;1-6H;1-7,12-13H. The van der Waals surface area contributed by atoms with Crippen molar-refractivity contribution in [2.75, 3.05) is 0 Å². The van der Waals surface area contributed by atoms with Gasteiger partial charge < -0.3 is 18.9 Å². The van der Waals surface area contributed by atoms with Crippen molar-refractivity contribution < 1.29 is 18.9 Å². The maximum atomic E-state index is 8.94. The Kier molecular flexibility index (Phi) is 9.75. The predicted molar refractivity (Wildman–Crippen MR) is 227 cm³/mol. The molecule has 2 heterocycles. The van der Waals surface area contributed by atoms with Gasteiger partial charge in [-0.25, -0.2) is 0 Å². The smallest absolute Gasteiger partial charge is 0.456 e. The second kappa shape index (κ2) is 14.7. The Balaban J connectivity index is 0.000000119. The molecule has 0 atom stereocenters. The predicted octanol–water partition coefficient (Wildman–Crippen LogP) is 12.8. The van der Waals surface area contributed by atoms with Gasteiger partial charge in [0, 0.05) is 35.0 Å². The fraction of sp³-hybridized carbons (Fsp3) is 0. The van der Waals surface area contributed by atoms with Crippen molar-refractivity contribution in [3.8, 4) is 11.1 Å². The molecule has 52 heavy (non-hydrogen) atoms. The van der Waals surface area contributed by atoms with Gasteiger partial charge in [-0.1, -0.05) is 133 Å². The summed E-state index contributed by atoms with van der Waals surface area (Å²) in [4.78, 5) is 0. The molecule has 0 aliphatic carbocycles. The minimum atomic E-state index is -1.38. The molecule has 2 N–H and O–H groups in total. The third-order valence-corrected chi connectivity index (χ3v) is 10.5. The Bertz CT molecular complexity index is 2840. The van der Waals surface area contributed by atoms with Crippen molar-refractivity contribution in [1.82, 2.24) is 0 Å². The molecule has 2 aromatic heterocycles. The van der Waals surface area contributed by atoms with Crippen LogP contribution in [0.15, 0.2) is 180 Å². The normalized spacial score (nSPS) is 11.2. The van der Waals surface area contributed by atoms with Crippen molar-refractivity contribution >= 4 is 126 Å². The zero-order valence-corrected chi connectivity index (χ0v) is 32.2. The summed E-state index contributed by atoms with van der Waals surface area (Å²) < 4.78 is 14.9. The zero-order valence-electron chi connectivity index (χ0n) is 27.4. The van der Waals surface area contributed by atoms with E-state index in [1.165, 1.54) is 21.9 Å². The monoisotopic (exact) mass is 868 g/mol. The van der Waals surface area contributed by atoms with Crippen LogP contribution in [0.1, 0.15) is 0 Å². The average molecular weight is 871 g/mol. The van der Waals surface area contributed by atoms with Crippen molar-refractivity contribution in [3.05, 3.63) is 171 Å². The first kappa shape index (κ1) is 34.4. The lowest BCUT2D eigenvalue weighted by molar-refractivity contribution is 0.426. The minimum Gasteiger partial charge on any atom is -0.456 e. The lowest BCUT2D eigenvalue weighted by Crippen LogP contribution is -2.29. The third kappa shape index (κ3) is 7.18. The summed E-state index contributed by atoms with van der Waals surface area (Å²) in [5.41, 5.74) is 6.64. The molecule has 10 aromatic rings. The minimum absolute atomic E-state index is 0.527. The van der Waals surface area contributed by atoms with E-state index >= 15 is 0 Å². The highest BCUT2D eigenvalue weighted by Crippen LogP contribution is 2.35. The van der Waals surface area contributed by atoms with Crippen molar-refractivity contribution in [1.29, 1.82) is 0 Å². The lowest BCUT2D eigenvalue weighted by Gasteiger charge is -2.04. The molecule has 0 aliphatic rings. The molecule has 0 bridgehead atoms. The van der Waals surface area contributed by atoms with Crippen LogP contribution >= 0.6 is 47.8 Å². The molecule has 0 saturated heterocycles. The molecule has 8 heteroatoms. The number of hydrogen-bond donors (Lipinski definition) is 2. The van der Waals surface area contributed by atoms with Gasteiger partial charge in [-0.3, -0.25) is 0 Å². The largest absolute Gasteiger partial charge is 0.488 e. The van der Waals surface area contributed by atoms with Gasteiger partial charge in [0.15, 0.2) is 0 Å². The quantitative estimate of drug-likeness (QED) is 0.170. The lowest BCUT2D eigenvalue weighted by atomic mass is 9.79. The Morgan fingerprint density at radius 3 is 1.25 bits per heavy atom. The number of benzene rings is 8. The van der Waals surface area contributed by atoms with Crippen LogP contribution in [-0.2, 0) is 0 Å². The summed E-state index contributed by atoms with van der Waals surface area (Å²) in [5.74, 6) is 0. The molecular formula is C44H28BBr3O4. The number of fused-ring (bicyclic) bond motifs is 8. The van der Waals surface area contributed by atoms with Crippen molar-refractivity contribution in [2.24, 2.45) is 0 Å². The molecule has 0 aliphatic heterocycles. The Labute approximate surface area is 324 Å². The number of furan rings is 2. The van der Waals surface area contributed by atoms with E-state index in [2.05, 4.69) is 127 Å². The Morgan fingerprint density at radius 1 is 0.365 bits per heavy atom. The SMILES string of the molecule is Brc1ccc2oc3ccc(-c4ccc5ccccc5c4)cc3c2c1.Brc1ccc2oc3ccc(Br)cc3c2c1.OB(O)c1ccc2ccccc2c1. The first-order valence-electron chi connectivity index (χ1n) is 16.5. The Morgan fingerprint density at radius 2 is 0.750 bits per heavy atom. The average Bonchev–Trinajstić information content (AvgIpc) is 3.71. The van der Waals surface area contributed by atoms with Crippen molar-refractivity contribution in [2.45, 2.75) is 0 Å². The highest BCUT2D eigenvalue weighted by Gasteiger charge is 2.11. The highest BCUT2D eigenvalue weighted by atomic mass is 79.9.